The molecule has 0 fully saturated rings. The summed E-state index contributed by atoms with van der Waals surface area (Å²) in [6.45, 7) is 6.95. The lowest BCUT2D eigenvalue weighted by molar-refractivity contribution is 0.169. The average Bonchev–Trinajstić information content (AvgIpc) is 3.20. The molecule has 5 N–H and O–H groups in total. The molecule has 4 aromatic rings. The molecule has 2 unspecified atom stereocenters. The summed E-state index contributed by atoms with van der Waals surface area (Å²) in [6, 6.07) is 16.0. The van der Waals surface area contributed by atoms with Crippen LogP contribution in [0.1, 0.15) is 37.0 Å². The number of imidazole rings is 1. The highest BCUT2D eigenvalue weighted by atomic mass is 16.3. The van der Waals surface area contributed by atoms with Crippen molar-refractivity contribution in [3.63, 3.8) is 0 Å². The lowest BCUT2D eigenvalue weighted by Crippen LogP contribution is -2.31. The van der Waals surface area contributed by atoms with Gasteiger partial charge in [0.05, 0.1) is 25.0 Å². The van der Waals surface area contributed by atoms with E-state index in [2.05, 4.69) is 27.8 Å². The van der Waals surface area contributed by atoms with E-state index in [4.69, 9.17) is 15.7 Å². The molecule has 0 aliphatic heterocycles. The molecule has 0 radical (unpaired) electrons. The molecule has 33 heavy (non-hydrogen) atoms. The quantitative estimate of drug-likeness (QED) is 0.288. The maximum atomic E-state index is 10.1. The van der Waals surface area contributed by atoms with E-state index in [-0.39, 0.29) is 6.04 Å². The van der Waals surface area contributed by atoms with Crippen molar-refractivity contribution in [2.24, 2.45) is 0 Å². The smallest absolute Gasteiger partial charge is 0.227 e. The van der Waals surface area contributed by atoms with Gasteiger partial charge in [0.2, 0.25) is 5.95 Å². The van der Waals surface area contributed by atoms with E-state index in [0.717, 1.165) is 34.4 Å². The van der Waals surface area contributed by atoms with Crippen molar-refractivity contribution in [3.05, 3.63) is 71.5 Å². The second-order valence-corrected chi connectivity index (χ2v) is 8.38. The third-order valence-corrected chi connectivity index (χ3v) is 5.74. The van der Waals surface area contributed by atoms with Gasteiger partial charge in [0.1, 0.15) is 0 Å². The average molecular weight is 446 g/mol. The van der Waals surface area contributed by atoms with Gasteiger partial charge in [0.15, 0.2) is 17.0 Å². The number of nitrogen functional groups attached to an aromatic ring is 1. The molecular weight excluding hydrogens is 414 g/mol. The minimum atomic E-state index is -0.535. The van der Waals surface area contributed by atoms with Gasteiger partial charge in [-0.3, -0.25) is 0 Å². The number of aromatic nitrogens is 4. The van der Waals surface area contributed by atoms with Crippen LogP contribution in [0.4, 0.5) is 17.5 Å². The highest BCUT2D eigenvalue weighted by Gasteiger charge is 2.18. The zero-order valence-electron chi connectivity index (χ0n) is 19.3. The molecule has 8 heteroatoms. The zero-order chi connectivity index (χ0) is 23.4. The highest BCUT2D eigenvalue weighted by Crippen LogP contribution is 2.24. The van der Waals surface area contributed by atoms with Gasteiger partial charge in [-0.1, -0.05) is 49.4 Å². The summed E-state index contributed by atoms with van der Waals surface area (Å²) in [7, 11) is 0. The van der Waals surface area contributed by atoms with Crippen LogP contribution in [-0.2, 0) is 13.1 Å². The topological polar surface area (TPSA) is 114 Å². The lowest BCUT2D eigenvalue weighted by Gasteiger charge is -2.20. The Morgan fingerprint density at radius 1 is 1.12 bits per heavy atom. The van der Waals surface area contributed by atoms with Crippen LogP contribution in [0.15, 0.2) is 54.9 Å². The summed E-state index contributed by atoms with van der Waals surface area (Å²) in [5.41, 5.74) is 11.6. The molecule has 0 aliphatic rings. The third-order valence-electron chi connectivity index (χ3n) is 5.74. The second-order valence-electron chi connectivity index (χ2n) is 8.38. The zero-order valence-corrected chi connectivity index (χ0v) is 19.3. The number of aliphatic hydroxyl groups excluding tert-OH is 1. The third kappa shape index (κ3) is 5.23. The van der Waals surface area contributed by atoms with Crippen LogP contribution in [0.2, 0.25) is 0 Å². The Kier molecular flexibility index (Phi) is 6.74. The van der Waals surface area contributed by atoms with Gasteiger partial charge in [0, 0.05) is 12.2 Å². The first kappa shape index (κ1) is 22.5. The largest absolute Gasteiger partial charge is 0.398 e. The van der Waals surface area contributed by atoms with E-state index in [1.165, 1.54) is 0 Å². The lowest BCUT2D eigenvalue weighted by atomic mass is 10.1. The minimum absolute atomic E-state index is 0.159. The second kappa shape index (κ2) is 9.87. The molecule has 0 amide bonds. The fourth-order valence-electron chi connectivity index (χ4n) is 3.81. The van der Waals surface area contributed by atoms with Crippen LogP contribution in [0, 0.1) is 6.92 Å². The van der Waals surface area contributed by atoms with Crippen LogP contribution in [-0.4, -0.2) is 36.8 Å². The van der Waals surface area contributed by atoms with Crippen molar-refractivity contribution in [1.29, 1.82) is 0 Å². The number of hydrogen-bond acceptors (Lipinski definition) is 7. The maximum Gasteiger partial charge on any atom is 0.227 e. The van der Waals surface area contributed by atoms with Gasteiger partial charge in [-0.25, -0.2) is 4.98 Å². The van der Waals surface area contributed by atoms with Gasteiger partial charge in [-0.2, -0.15) is 9.97 Å². The Morgan fingerprint density at radius 2 is 1.91 bits per heavy atom. The molecule has 0 spiro atoms. The number of anilines is 3. The molecule has 2 aromatic heterocycles. The summed E-state index contributed by atoms with van der Waals surface area (Å²) in [5.74, 6) is 1.07. The molecule has 172 valence electrons. The van der Waals surface area contributed by atoms with Crippen molar-refractivity contribution in [3.8, 4) is 0 Å². The van der Waals surface area contributed by atoms with Crippen LogP contribution >= 0.6 is 0 Å². The van der Waals surface area contributed by atoms with E-state index in [1.807, 2.05) is 54.8 Å². The standard InChI is InChI=1S/C25H31N7O/c1-4-21(17(3)33)29-25-30-23(27-13-19-11-10-16(2)12-20(19)26)22-24(31-25)32(15-28-22)14-18-8-6-5-7-9-18/h5-12,15,17,21,33H,4,13-14,26H2,1-3H3,(H2,27,29,30,31). The summed E-state index contributed by atoms with van der Waals surface area (Å²) >= 11 is 0. The number of hydrogen-bond donors (Lipinski definition) is 4. The summed E-state index contributed by atoms with van der Waals surface area (Å²) in [4.78, 5) is 14.0. The first-order valence-corrected chi connectivity index (χ1v) is 11.2. The molecular formula is C25H31N7O. The van der Waals surface area contributed by atoms with Crippen molar-refractivity contribution in [2.75, 3.05) is 16.4 Å². The van der Waals surface area contributed by atoms with Gasteiger partial charge < -0.3 is 26.0 Å². The number of aliphatic hydroxyl groups is 1. The number of nitrogens with one attached hydrogen (secondary N) is 2. The first-order chi connectivity index (χ1) is 15.9. The van der Waals surface area contributed by atoms with Gasteiger partial charge in [0.25, 0.3) is 0 Å². The Balaban J connectivity index is 1.70. The summed E-state index contributed by atoms with van der Waals surface area (Å²) in [6.07, 6.45) is 1.99. The van der Waals surface area contributed by atoms with Gasteiger partial charge in [-0.05, 0) is 43.0 Å². The first-order valence-electron chi connectivity index (χ1n) is 11.2. The van der Waals surface area contributed by atoms with Crippen LogP contribution in [0.5, 0.6) is 0 Å². The normalized spacial score (nSPS) is 13.1. The number of nitrogens with two attached hydrogens (primary N) is 1. The fourth-order valence-corrected chi connectivity index (χ4v) is 3.81. The molecule has 8 nitrogen and oxygen atoms in total. The number of rotatable bonds is 9. The van der Waals surface area contributed by atoms with Crippen molar-refractivity contribution >= 4 is 28.6 Å². The van der Waals surface area contributed by atoms with E-state index in [0.29, 0.717) is 30.4 Å². The fraction of sp³-hybridized carbons (Fsp3) is 0.320. The Bertz CT molecular complexity index is 1220. The van der Waals surface area contributed by atoms with Gasteiger partial charge in [-0.15, -0.1) is 0 Å². The summed E-state index contributed by atoms with van der Waals surface area (Å²) in [5, 5.41) is 16.8. The maximum absolute atomic E-state index is 10.1. The minimum Gasteiger partial charge on any atom is -0.398 e. The van der Waals surface area contributed by atoms with Gasteiger partial charge >= 0.3 is 0 Å². The number of fused-ring (bicyclic) bond motifs is 1. The number of aryl methyl sites for hydroxylation is 1. The Hall–Kier alpha value is -3.65. The van der Waals surface area contributed by atoms with Crippen molar-refractivity contribution in [1.82, 2.24) is 19.5 Å². The molecule has 0 aliphatic carbocycles. The molecule has 2 heterocycles. The molecule has 0 bridgehead atoms. The van der Waals surface area contributed by atoms with Crippen molar-refractivity contribution in [2.45, 2.75) is 52.4 Å². The van der Waals surface area contributed by atoms with E-state index < -0.39 is 6.10 Å². The van der Waals surface area contributed by atoms with E-state index in [9.17, 15) is 5.11 Å². The van der Waals surface area contributed by atoms with Crippen LogP contribution in [0.25, 0.3) is 11.2 Å². The Morgan fingerprint density at radius 3 is 2.61 bits per heavy atom. The highest BCUT2D eigenvalue weighted by molar-refractivity contribution is 5.84. The van der Waals surface area contributed by atoms with Crippen LogP contribution < -0.4 is 16.4 Å². The molecule has 2 atom stereocenters. The van der Waals surface area contributed by atoms with E-state index >= 15 is 0 Å². The predicted molar refractivity (Wildman–Crippen MR) is 133 cm³/mol. The Labute approximate surface area is 193 Å². The molecule has 0 saturated heterocycles. The monoisotopic (exact) mass is 445 g/mol. The molecule has 2 aromatic carbocycles. The number of nitrogens with zero attached hydrogens (tertiary/aromatic N) is 4. The van der Waals surface area contributed by atoms with Crippen LogP contribution in [0.3, 0.4) is 0 Å². The summed E-state index contributed by atoms with van der Waals surface area (Å²) < 4.78 is 2.01. The van der Waals surface area contributed by atoms with E-state index in [1.54, 1.807) is 13.3 Å². The SMILES string of the molecule is CCC(Nc1nc(NCc2ccc(C)cc2N)c2ncn(Cc3ccccc3)c2n1)C(C)O. The van der Waals surface area contributed by atoms with Crippen molar-refractivity contribution < 1.29 is 5.11 Å². The number of benzene rings is 2. The predicted octanol–water partition coefficient (Wildman–Crippen LogP) is 3.95. The molecule has 0 saturated carbocycles. The molecule has 4 rings (SSSR count).